The van der Waals surface area contributed by atoms with Crippen molar-refractivity contribution in [2.45, 2.75) is 17.6 Å². The molecule has 0 saturated heterocycles. The molecule has 33 heavy (non-hydrogen) atoms. The minimum absolute atomic E-state index is 0.0319. The fourth-order valence-corrected chi connectivity index (χ4v) is 3.73. The molecule has 0 spiro atoms. The lowest BCUT2D eigenvalue weighted by Crippen LogP contribution is -2.20. The number of hydrogen-bond donors (Lipinski definition) is 2. The first-order valence-electron chi connectivity index (χ1n) is 9.75. The molecule has 0 saturated carbocycles. The first-order valence-corrected chi connectivity index (χ1v) is 10.7. The Morgan fingerprint density at radius 3 is 2.82 bits per heavy atom. The monoisotopic (exact) mass is 464 g/mol. The van der Waals surface area contributed by atoms with Gasteiger partial charge in [0.1, 0.15) is 5.75 Å². The first-order chi connectivity index (χ1) is 16.0. The van der Waals surface area contributed by atoms with Gasteiger partial charge in [-0.25, -0.2) is 10.1 Å². The third-order valence-corrected chi connectivity index (χ3v) is 5.57. The van der Waals surface area contributed by atoms with Crippen LogP contribution in [-0.2, 0) is 5.75 Å². The number of amides is 1. The molecule has 168 valence electrons. The molecular weight excluding hydrogens is 444 g/mol. The number of aryl methyl sites for hydroxylation is 1. The second-order valence-electron chi connectivity index (χ2n) is 6.85. The minimum Gasteiger partial charge on any atom is -0.497 e. The molecule has 11 nitrogen and oxygen atoms in total. The summed E-state index contributed by atoms with van der Waals surface area (Å²) in [6, 6.07) is 15.3. The number of thioether (sulfide) groups is 1. The molecule has 0 aliphatic carbocycles. The Labute approximate surface area is 193 Å². The van der Waals surface area contributed by atoms with Crippen LogP contribution in [0.25, 0.3) is 5.82 Å². The highest BCUT2D eigenvalue weighted by Crippen LogP contribution is 2.26. The van der Waals surface area contributed by atoms with E-state index in [9.17, 15) is 4.79 Å². The number of nitrogen functional groups attached to an aromatic ring is 1. The van der Waals surface area contributed by atoms with Gasteiger partial charge in [-0.1, -0.05) is 35.0 Å². The van der Waals surface area contributed by atoms with Gasteiger partial charge >= 0.3 is 0 Å². The summed E-state index contributed by atoms with van der Waals surface area (Å²) in [4.78, 5) is 13.9. The molecule has 0 fully saturated rings. The molecule has 3 N–H and O–H groups in total. The molecule has 2 heterocycles. The number of anilines is 1. The number of hydrogen-bond acceptors (Lipinski definition) is 10. The Kier molecular flexibility index (Phi) is 6.64. The van der Waals surface area contributed by atoms with Crippen LogP contribution in [-0.4, -0.2) is 44.5 Å². The summed E-state index contributed by atoms with van der Waals surface area (Å²) in [5.41, 5.74) is 10.8. The van der Waals surface area contributed by atoms with Gasteiger partial charge in [0.25, 0.3) is 5.91 Å². The van der Waals surface area contributed by atoms with Gasteiger partial charge in [-0.05, 0) is 47.1 Å². The number of methoxy groups -OCH3 is 1. The molecule has 0 aliphatic rings. The van der Waals surface area contributed by atoms with Crippen molar-refractivity contribution in [2.24, 2.45) is 5.10 Å². The van der Waals surface area contributed by atoms with Crippen LogP contribution in [0.2, 0.25) is 0 Å². The summed E-state index contributed by atoms with van der Waals surface area (Å²) in [6.45, 7) is 2.02. The second-order valence-corrected chi connectivity index (χ2v) is 7.90. The van der Waals surface area contributed by atoms with Crippen molar-refractivity contribution < 1.29 is 14.2 Å². The van der Waals surface area contributed by atoms with E-state index < -0.39 is 5.91 Å². The number of benzene rings is 2. The van der Waals surface area contributed by atoms with Gasteiger partial charge in [0.05, 0.1) is 19.0 Å². The van der Waals surface area contributed by atoms with E-state index in [1.54, 1.807) is 13.2 Å². The zero-order valence-electron chi connectivity index (χ0n) is 17.8. The Morgan fingerprint density at radius 1 is 1.27 bits per heavy atom. The number of nitrogens with one attached hydrogen (secondary N) is 1. The van der Waals surface area contributed by atoms with Crippen molar-refractivity contribution in [3.8, 4) is 11.6 Å². The predicted octanol–water partition coefficient (Wildman–Crippen LogP) is 2.61. The van der Waals surface area contributed by atoms with E-state index in [2.05, 4.69) is 35.8 Å². The van der Waals surface area contributed by atoms with E-state index in [0.717, 1.165) is 16.0 Å². The smallest absolute Gasteiger partial charge is 0.293 e. The van der Waals surface area contributed by atoms with Crippen LogP contribution in [0.15, 0.2) is 63.2 Å². The fourth-order valence-electron chi connectivity index (χ4n) is 2.84. The van der Waals surface area contributed by atoms with Gasteiger partial charge in [-0.15, -0.1) is 16.9 Å². The van der Waals surface area contributed by atoms with Gasteiger partial charge in [0.2, 0.25) is 11.6 Å². The number of carbonyl (C=O) groups excluding carboxylic acids is 1. The molecular formula is C21H20N8O3S. The molecule has 0 bridgehead atoms. The maximum Gasteiger partial charge on any atom is 0.293 e. The van der Waals surface area contributed by atoms with E-state index >= 15 is 0 Å². The van der Waals surface area contributed by atoms with Crippen LogP contribution in [0.5, 0.6) is 5.75 Å². The number of carbonyl (C=O) groups is 1. The van der Waals surface area contributed by atoms with Crippen molar-refractivity contribution in [1.82, 2.24) is 30.7 Å². The maximum absolute atomic E-state index is 12.8. The molecule has 1 amide bonds. The SMILES string of the molecule is COc1cccc(/C=N/NC(=O)c2nnn(-c3nonc3N)c2CSc2ccc(C)cc2)c1. The molecule has 4 rings (SSSR count). The van der Waals surface area contributed by atoms with Gasteiger partial charge in [0, 0.05) is 10.6 Å². The third-order valence-electron chi connectivity index (χ3n) is 4.54. The average molecular weight is 465 g/mol. The number of rotatable bonds is 8. The summed E-state index contributed by atoms with van der Waals surface area (Å²) >= 11 is 1.51. The highest BCUT2D eigenvalue weighted by Gasteiger charge is 2.24. The summed E-state index contributed by atoms with van der Waals surface area (Å²) in [6.07, 6.45) is 1.51. The third kappa shape index (κ3) is 5.18. The summed E-state index contributed by atoms with van der Waals surface area (Å²) in [7, 11) is 1.58. The van der Waals surface area contributed by atoms with E-state index in [-0.39, 0.29) is 17.3 Å². The van der Waals surface area contributed by atoms with Gasteiger partial charge in [-0.3, -0.25) is 4.79 Å². The molecule has 12 heteroatoms. The van der Waals surface area contributed by atoms with E-state index in [4.69, 9.17) is 10.5 Å². The molecule has 0 radical (unpaired) electrons. The molecule has 4 aromatic rings. The number of aromatic nitrogens is 5. The zero-order valence-corrected chi connectivity index (χ0v) is 18.6. The summed E-state index contributed by atoms with van der Waals surface area (Å²) in [5.74, 6) is 0.702. The largest absolute Gasteiger partial charge is 0.497 e. The Balaban J connectivity index is 1.56. The predicted molar refractivity (Wildman–Crippen MR) is 122 cm³/mol. The summed E-state index contributed by atoms with van der Waals surface area (Å²) < 4.78 is 11.2. The highest BCUT2D eigenvalue weighted by molar-refractivity contribution is 7.98. The Morgan fingerprint density at radius 2 is 2.09 bits per heavy atom. The normalized spacial score (nSPS) is 11.1. The maximum atomic E-state index is 12.8. The van der Waals surface area contributed by atoms with Gasteiger partial charge in [0.15, 0.2) is 5.69 Å². The second kappa shape index (κ2) is 9.96. The Hall–Kier alpha value is -4.19. The number of nitrogens with zero attached hydrogens (tertiary/aromatic N) is 6. The quantitative estimate of drug-likeness (QED) is 0.228. The van der Waals surface area contributed by atoms with E-state index in [1.807, 2.05) is 49.4 Å². The van der Waals surface area contributed by atoms with E-state index in [1.165, 1.54) is 22.7 Å². The first kappa shape index (κ1) is 22.0. The molecule has 0 atom stereocenters. The number of nitrogens with two attached hydrogens (primary N) is 1. The summed E-state index contributed by atoms with van der Waals surface area (Å²) in [5, 5.41) is 19.4. The number of ether oxygens (including phenoxy) is 1. The standard InChI is InChI=1S/C21H20N8O3S/c1-13-6-8-16(9-7-13)33-12-17-18(24-28-29(17)20-19(22)26-32-27-20)21(30)25-23-11-14-4-3-5-15(10-14)31-2/h3-11H,12H2,1-2H3,(H2,22,26)(H,25,30)/b23-11+. The topological polar surface area (TPSA) is 146 Å². The minimum atomic E-state index is -0.532. The fraction of sp³-hybridized carbons (Fsp3) is 0.143. The molecule has 0 unspecified atom stereocenters. The van der Waals surface area contributed by atoms with Crippen molar-refractivity contribution in [2.75, 3.05) is 12.8 Å². The van der Waals surface area contributed by atoms with Gasteiger partial charge < -0.3 is 10.5 Å². The lowest BCUT2D eigenvalue weighted by Gasteiger charge is -2.06. The van der Waals surface area contributed by atoms with E-state index in [0.29, 0.717) is 17.2 Å². The van der Waals surface area contributed by atoms with Crippen molar-refractivity contribution in [1.29, 1.82) is 0 Å². The molecule has 2 aromatic heterocycles. The average Bonchev–Trinajstić information content (AvgIpc) is 3.44. The Bertz CT molecular complexity index is 1280. The van der Waals surface area contributed by atoms with Crippen LogP contribution in [0, 0.1) is 6.92 Å². The molecule has 0 aliphatic heterocycles. The van der Waals surface area contributed by atoms with Crippen molar-refractivity contribution >= 4 is 29.7 Å². The van der Waals surface area contributed by atoms with Crippen molar-refractivity contribution in [3.05, 3.63) is 71.0 Å². The number of hydrazone groups is 1. The van der Waals surface area contributed by atoms with Crippen LogP contribution in [0.3, 0.4) is 0 Å². The lowest BCUT2D eigenvalue weighted by atomic mass is 10.2. The van der Waals surface area contributed by atoms with Crippen LogP contribution in [0.1, 0.15) is 27.3 Å². The lowest BCUT2D eigenvalue weighted by molar-refractivity contribution is 0.0949. The van der Waals surface area contributed by atoms with Crippen LogP contribution >= 0.6 is 11.8 Å². The highest BCUT2D eigenvalue weighted by atomic mass is 32.2. The zero-order chi connectivity index (χ0) is 23.2. The van der Waals surface area contributed by atoms with Crippen molar-refractivity contribution in [3.63, 3.8) is 0 Å². The van der Waals surface area contributed by atoms with Crippen LogP contribution in [0.4, 0.5) is 5.82 Å². The molecule has 2 aromatic carbocycles. The van der Waals surface area contributed by atoms with Gasteiger partial charge in [-0.2, -0.15) is 9.78 Å². The van der Waals surface area contributed by atoms with Crippen LogP contribution < -0.4 is 15.9 Å².